The van der Waals surface area contributed by atoms with Gasteiger partial charge >= 0.3 is 6.18 Å². The molecule has 1 saturated heterocycles. The maximum atomic E-state index is 14.8. The first-order chi connectivity index (χ1) is 14.4. The van der Waals surface area contributed by atoms with E-state index in [2.05, 4.69) is 25.3 Å². The van der Waals surface area contributed by atoms with E-state index >= 15 is 0 Å². The van der Waals surface area contributed by atoms with E-state index in [0.29, 0.717) is 42.3 Å². The van der Waals surface area contributed by atoms with Crippen LogP contribution in [0.4, 0.5) is 29.2 Å². The van der Waals surface area contributed by atoms with Crippen molar-refractivity contribution in [3.63, 3.8) is 0 Å². The molecule has 166 valence electrons. The Kier molecular flexibility index (Phi) is 4.97. The van der Waals surface area contributed by atoms with Crippen LogP contribution in [0.25, 0.3) is 5.65 Å². The van der Waals surface area contributed by atoms with Gasteiger partial charge in [-0.05, 0) is 19.1 Å². The van der Waals surface area contributed by atoms with Crippen LogP contribution in [0.5, 0.6) is 0 Å². The Labute approximate surface area is 175 Å². The minimum Gasteiger partial charge on any atom is -0.352 e. The summed E-state index contributed by atoms with van der Waals surface area (Å²) in [6.07, 6.45) is -4.66. The van der Waals surface area contributed by atoms with Gasteiger partial charge in [0, 0.05) is 31.6 Å². The number of nitrogens with zero attached hydrogens (tertiary/aromatic N) is 8. The van der Waals surface area contributed by atoms with Crippen LogP contribution >= 0.6 is 0 Å². The van der Waals surface area contributed by atoms with Crippen molar-refractivity contribution in [2.45, 2.75) is 39.3 Å². The smallest absolute Gasteiger partial charge is 0.352 e. The lowest BCUT2D eigenvalue weighted by Crippen LogP contribution is -2.47. The fraction of sp³-hybridized carbons (Fsp3) is 0.526. The number of alkyl halides is 3. The van der Waals surface area contributed by atoms with Gasteiger partial charge in [-0.3, -0.25) is 0 Å². The van der Waals surface area contributed by atoms with Gasteiger partial charge in [-0.15, -0.1) is 15.3 Å². The summed E-state index contributed by atoms with van der Waals surface area (Å²) in [5, 5.41) is 10.8. The van der Waals surface area contributed by atoms with Crippen molar-refractivity contribution >= 4 is 17.3 Å². The van der Waals surface area contributed by atoms with Gasteiger partial charge in [0.15, 0.2) is 17.3 Å². The molecule has 8 nitrogen and oxygen atoms in total. The average molecular weight is 438 g/mol. The van der Waals surface area contributed by atoms with E-state index in [9.17, 15) is 17.6 Å². The predicted octanol–water partition coefficient (Wildman–Crippen LogP) is 3.00. The zero-order valence-electron chi connectivity index (χ0n) is 17.6. The highest BCUT2D eigenvalue weighted by Crippen LogP contribution is 2.29. The second-order valence-electron chi connectivity index (χ2n) is 8.48. The fourth-order valence-corrected chi connectivity index (χ4v) is 3.36. The molecule has 3 aromatic rings. The first-order valence-corrected chi connectivity index (χ1v) is 9.79. The summed E-state index contributed by atoms with van der Waals surface area (Å²) in [5.74, 6) is -0.453. The van der Waals surface area contributed by atoms with Gasteiger partial charge in [0.05, 0.1) is 5.69 Å². The molecule has 0 spiro atoms. The summed E-state index contributed by atoms with van der Waals surface area (Å²) in [6.45, 7) is 9.25. The summed E-state index contributed by atoms with van der Waals surface area (Å²) in [7, 11) is 0. The highest BCUT2D eigenvalue weighted by Gasteiger charge is 2.38. The second-order valence-corrected chi connectivity index (χ2v) is 8.48. The van der Waals surface area contributed by atoms with E-state index in [1.54, 1.807) is 13.0 Å². The molecule has 0 N–H and O–H groups in total. The Morgan fingerprint density at radius 2 is 1.55 bits per heavy atom. The van der Waals surface area contributed by atoms with Crippen LogP contribution in [0.2, 0.25) is 0 Å². The molecule has 4 heterocycles. The minimum atomic E-state index is -4.66. The number of hydrogen-bond acceptors (Lipinski definition) is 7. The van der Waals surface area contributed by atoms with Crippen LogP contribution in [-0.2, 0) is 11.6 Å². The molecular weight excluding hydrogens is 416 g/mol. The Hall–Kier alpha value is -3.05. The predicted molar refractivity (Wildman–Crippen MR) is 106 cm³/mol. The van der Waals surface area contributed by atoms with Crippen LogP contribution in [0.3, 0.4) is 0 Å². The summed E-state index contributed by atoms with van der Waals surface area (Å²) >= 11 is 0. The molecule has 0 unspecified atom stereocenters. The first-order valence-electron chi connectivity index (χ1n) is 9.79. The normalized spacial score (nSPS) is 15.7. The Morgan fingerprint density at radius 3 is 2.16 bits per heavy atom. The molecule has 1 aliphatic heterocycles. The third-order valence-electron chi connectivity index (χ3n) is 5.08. The lowest BCUT2D eigenvalue weighted by Gasteiger charge is -2.36. The SMILES string of the molecule is Cc1nc(C(C)(C)C)nc(N2CCN(c3ccc4nnc(C(F)(F)F)n4n3)CC2)c1F. The number of piperazine rings is 1. The maximum Gasteiger partial charge on any atom is 0.453 e. The highest BCUT2D eigenvalue weighted by molar-refractivity contribution is 5.49. The van der Waals surface area contributed by atoms with Gasteiger partial charge in [-0.1, -0.05) is 20.8 Å². The maximum absolute atomic E-state index is 14.8. The zero-order valence-corrected chi connectivity index (χ0v) is 17.6. The number of halogens is 4. The van der Waals surface area contributed by atoms with Gasteiger partial charge in [-0.2, -0.15) is 17.7 Å². The average Bonchev–Trinajstić information content (AvgIpc) is 3.13. The Morgan fingerprint density at radius 1 is 0.903 bits per heavy atom. The van der Waals surface area contributed by atoms with E-state index in [1.807, 2.05) is 30.6 Å². The molecule has 0 amide bonds. The standard InChI is InChI=1S/C19H22F4N8/c1-11-14(20)15(25-16(24-11)18(2,3)4)30-9-7-29(8-10-30)13-6-5-12-26-27-17(19(21,22)23)31(12)28-13/h5-6H,7-10H2,1-4H3. The van der Waals surface area contributed by atoms with Crippen LogP contribution in [0, 0.1) is 12.7 Å². The van der Waals surface area contributed by atoms with Crippen LogP contribution < -0.4 is 9.80 Å². The number of aromatic nitrogens is 6. The molecule has 3 aromatic heterocycles. The lowest BCUT2D eigenvalue weighted by atomic mass is 9.95. The van der Waals surface area contributed by atoms with E-state index < -0.39 is 17.8 Å². The largest absolute Gasteiger partial charge is 0.453 e. The zero-order chi connectivity index (χ0) is 22.6. The number of hydrogen-bond donors (Lipinski definition) is 0. The van der Waals surface area contributed by atoms with Gasteiger partial charge < -0.3 is 9.80 Å². The lowest BCUT2D eigenvalue weighted by molar-refractivity contribution is -0.146. The topological polar surface area (TPSA) is 75.3 Å². The molecule has 31 heavy (non-hydrogen) atoms. The van der Waals surface area contributed by atoms with E-state index in [4.69, 9.17) is 0 Å². The number of aryl methyl sites for hydroxylation is 1. The van der Waals surface area contributed by atoms with Crippen LogP contribution in [0.1, 0.15) is 38.1 Å². The van der Waals surface area contributed by atoms with Gasteiger partial charge in [0.25, 0.3) is 5.82 Å². The molecule has 1 fully saturated rings. The van der Waals surface area contributed by atoms with Crippen molar-refractivity contribution in [3.8, 4) is 0 Å². The molecule has 0 saturated carbocycles. The molecule has 0 radical (unpaired) electrons. The van der Waals surface area contributed by atoms with Crippen molar-refractivity contribution in [2.75, 3.05) is 36.0 Å². The van der Waals surface area contributed by atoms with Crippen molar-refractivity contribution in [1.82, 2.24) is 29.8 Å². The number of anilines is 2. The van der Waals surface area contributed by atoms with Crippen molar-refractivity contribution < 1.29 is 17.6 Å². The quantitative estimate of drug-likeness (QED) is 0.570. The molecule has 1 aliphatic rings. The monoisotopic (exact) mass is 438 g/mol. The Bertz CT molecular complexity index is 1110. The molecule has 0 aliphatic carbocycles. The van der Waals surface area contributed by atoms with Gasteiger partial charge in [0.1, 0.15) is 11.6 Å². The Balaban J connectivity index is 1.56. The molecule has 12 heteroatoms. The van der Waals surface area contributed by atoms with E-state index in [0.717, 1.165) is 0 Å². The van der Waals surface area contributed by atoms with Crippen LogP contribution in [-0.4, -0.2) is 56.0 Å². The molecule has 4 rings (SSSR count). The first kappa shape index (κ1) is 21.2. The summed E-state index contributed by atoms with van der Waals surface area (Å²) in [4.78, 5) is 12.4. The molecule has 0 bridgehead atoms. The second kappa shape index (κ2) is 7.27. The molecule has 0 aromatic carbocycles. The van der Waals surface area contributed by atoms with Crippen molar-refractivity contribution in [3.05, 3.63) is 35.3 Å². The van der Waals surface area contributed by atoms with Crippen molar-refractivity contribution in [2.24, 2.45) is 0 Å². The molecular formula is C19H22F4N8. The van der Waals surface area contributed by atoms with Gasteiger partial charge in [-0.25, -0.2) is 14.4 Å². The summed E-state index contributed by atoms with van der Waals surface area (Å²) in [6, 6.07) is 3.05. The number of fused-ring (bicyclic) bond motifs is 1. The minimum absolute atomic E-state index is 0.0166. The van der Waals surface area contributed by atoms with Gasteiger partial charge in [0.2, 0.25) is 0 Å². The van der Waals surface area contributed by atoms with E-state index in [-0.39, 0.29) is 22.6 Å². The molecule has 0 atom stereocenters. The summed E-state index contributed by atoms with van der Waals surface area (Å²) < 4.78 is 54.8. The van der Waals surface area contributed by atoms with Crippen molar-refractivity contribution in [1.29, 1.82) is 0 Å². The third-order valence-corrected chi connectivity index (χ3v) is 5.08. The third kappa shape index (κ3) is 3.98. The van der Waals surface area contributed by atoms with Crippen LogP contribution in [0.15, 0.2) is 12.1 Å². The number of rotatable bonds is 2. The van der Waals surface area contributed by atoms with E-state index in [1.165, 1.54) is 6.07 Å². The highest BCUT2D eigenvalue weighted by atomic mass is 19.4. The fourth-order valence-electron chi connectivity index (χ4n) is 3.36. The summed E-state index contributed by atoms with van der Waals surface area (Å²) in [5.41, 5.74) is -0.0247.